The molecule has 1 heterocycles. The molecule has 0 bridgehead atoms. The largest absolute Gasteiger partial charge is 0.353 e. The molecule has 142 valence electrons. The van der Waals surface area contributed by atoms with Gasteiger partial charge < -0.3 is 9.88 Å². The summed E-state index contributed by atoms with van der Waals surface area (Å²) in [6.07, 6.45) is 7.51. The third-order valence-corrected chi connectivity index (χ3v) is 6.71. The summed E-state index contributed by atoms with van der Waals surface area (Å²) in [5, 5.41) is 3.10. The maximum atomic E-state index is 12.2. The summed E-state index contributed by atoms with van der Waals surface area (Å²) in [5.74, 6) is 0.112. The van der Waals surface area contributed by atoms with Gasteiger partial charge in [-0.15, -0.1) is 0 Å². The molecule has 0 radical (unpaired) electrons. The van der Waals surface area contributed by atoms with Crippen LogP contribution in [0, 0.1) is 0 Å². The molecule has 3 rings (SSSR count). The number of carbonyl (C=O) groups is 1. The highest BCUT2D eigenvalue weighted by Crippen LogP contribution is 2.21. The van der Waals surface area contributed by atoms with Crippen LogP contribution < -0.4 is 5.32 Å². The first-order valence-corrected chi connectivity index (χ1v) is 10.5. The van der Waals surface area contributed by atoms with E-state index in [2.05, 4.69) is 10.3 Å². The number of hydrogen-bond donors (Lipinski definition) is 1. The standard InChI is InChI=1S/C18H26N4O3S/c1-21(2)26(24,25)15-9-10-17-16(12-15)19-13-22(17)11-5-8-18(23)20-14-6-3-4-7-14/h9-10,12-14H,3-8,11H2,1-2H3,(H,20,23). The summed E-state index contributed by atoms with van der Waals surface area (Å²) in [6.45, 7) is 0.675. The van der Waals surface area contributed by atoms with Crippen LogP contribution in [-0.2, 0) is 21.4 Å². The van der Waals surface area contributed by atoms with Crippen LogP contribution in [0.15, 0.2) is 29.4 Å². The number of hydrogen-bond acceptors (Lipinski definition) is 4. The van der Waals surface area contributed by atoms with Crippen LogP contribution in [-0.4, -0.2) is 48.3 Å². The average Bonchev–Trinajstić information content (AvgIpc) is 3.24. The van der Waals surface area contributed by atoms with Crippen LogP contribution in [0.1, 0.15) is 38.5 Å². The van der Waals surface area contributed by atoms with Crippen molar-refractivity contribution >= 4 is 27.0 Å². The van der Waals surface area contributed by atoms with Crippen molar-refractivity contribution in [1.29, 1.82) is 0 Å². The Morgan fingerprint density at radius 2 is 2.04 bits per heavy atom. The quantitative estimate of drug-likeness (QED) is 0.800. The highest BCUT2D eigenvalue weighted by atomic mass is 32.2. The van der Waals surface area contributed by atoms with Crippen LogP contribution in [0.5, 0.6) is 0 Å². The predicted molar refractivity (Wildman–Crippen MR) is 100 cm³/mol. The normalized spacial score (nSPS) is 15.8. The number of fused-ring (bicyclic) bond motifs is 1. The molecule has 0 unspecified atom stereocenters. The molecule has 0 spiro atoms. The molecule has 7 nitrogen and oxygen atoms in total. The Kier molecular flexibility index (Phi) is 5.62. The van der Waals surface area contributed by atoms with Crippen molar-refractivity contribution in [2.45, 2.75) is 56.0 Å². The van der Waals surface area contributed by atoms with Crippen molar-refractivity contribution in [2.75, 3.05) is 14.1 Å². The molecule has 1 fully saturated rings. The number of carbonyl (C=O) groups excluding carboxylic acids is 1. The highest BCUT2D eigenvalue weighted by molar-refractivity contribution is 7.89. The number of aryl methyl sites for hydroxylation is 1. The van der Waals surface area contributed by atoms with E-state index >= 15 is 0 Å². The molecule has 1 aliphatic rings. The fourth-order valence-electron chi connectivity index (χ4n) is 3.37. The summed E-state index contributed by atoms with van der Waals surface area (Å²) >= 11 is 0. The third kappa shape index (κ3) is 4.07. The van der Waals surface area contributed by atoms with E-state index in [-0.39, 0.29) is 10.8 Å². The third-order valence-electron chi connectivity index (χ3n) is 4.89. The van der Waals surface area contributed by atoms with E-state index in [9.17, 15) is 13.2 Å². The van der Waals surface area contributed by atoms with E-state index < -0.39 is 10.0 Å². The first-order valence-electron chi connectivity index (χ1n) is 9.05. The van der Waals surface area contributed by atoms with Gasteiger partial charge in [-0.1, -0.05) is 12.8 Å². The van der Waals surface area contributed by atoms with E-state index in [1.54, 1.807) is 24.5 Å². The molecule has 0 atom stereocenters. The molecular weight excluding hydrogens is 352 g/mol. The maximum absolute atomic E-state index is 12.2. The lowest BCUT2D eigenvalue weighted by atomic mass is 10.2. The molecular formula is C18H26N4O3S. The van der Waals surface area contributed by atoms with Gasteiger partial charge in [0.15, 0.2) is 0 Å². The van der Waals surface area contributed by atoms with Crippen LogP contribution in [0.4, 0.5) is 0 Å². The molecule has 0 saturated heterocycles. The maximum Gasteiger partial charge on any atom is 0.242 e. The Bertz CT molecular complexity index is 883. The topological polar surface area (TPSA) is 84.3 Å². The first kappa shape index (κ1) is 18.8. The smallest absolute Gasteiger partial charge is 0.242 e. The van der Waals surface area contributed by atoms with Crippen molar-refractivity contribution < 1.29 is 13.2 Å². The Morgan fingerprint density at radius 1 is 1.31 bits per heavy atom. The van der Waals surface area contributed by atoms with Gasteiger partial charge in [0.1, 0.15) is 0 Å². The second kappa shape index (κ2) is 7.75. The summed E-state index contributed by atoms with van der Waals surface area (Å²) in [6, 6.07) is 5.32. The van der Waals surface area contributed by atoms with Crippen molar-refractivity contribution in [3.8, 4) is 0 Å². The van der Waals surface area contributed by atoms with Crippen molar-refractivity contribution in [3.63, 3.8) is 0 Å². The SMILES string of the molecule is CN(C)S(=O)(=O)c1ccc2c(c1)ncn2CCCC(=O)NC1CCCC1. The Balaban J connectivity index is 1.61. The minimum absolute atomic E-state index is 0.112. The number of benzene rings is 1. The zero-order chi connectivity index (χ0) is 18.7. The van der Waals surface area contributed by atoms with Gasteiger partial charge in [0.05, 0.1) is 22.3 Å². The molecule has 1 N–H and O–H groups in total. The molecule has 1 saturated carbocycles. The second-order valence-corrected chi connectivity index (χ2v) is 9.18. The predicted octanol–water partition coefficient (Wildman–Crippen LogP) is 2.13. The lowest BCUT2D eigenvalue weighted by Crippen LogP contribution is -2.32. The molecule has 26 heavy (non-hydrogen) atoms. The van der Waals surface area contributed by atoms with Crippen molar-refractivity contribution in [2.24, 2.45) is 0 Å². The molecule has 0 aliphatic heterocycles. The number of amides is 1. The van der Waals surface area contributed by atoms with Crippen LogP contribution >= 0.6 is 0 Å². The number of nitrogens with one attached hydrogen (secondary N) is 1. The molecule has 1 amide bonds. The van der Waals surface area contributed by atoms with Crippen molar-refractivity contribution in [1.82, 2.24) is 19.2 Å². The number of rotatable bonds is 7. The number of aromatic nitrogens is 2. The molecule has 2 aromatic rings. The zero-order valence-corrected chi connectivity index (χ0v) is 16.1. The monoisotopic (exact) mass is 378 g/mol. The summed E-state index contributed by atoms with van der Waals surface area (Å²) in [5.41, 5.74) is 1.52. The number of imidazole rings is 1. The summed E-state index contributed by atoms with van der Waals surface area (Å²) < 4.78 is 27.6. The lowest BCUT2D eigenvalue weighted by Gasteiger charge is -2.12. The molecule has 1 aromatic carbocycles. The van der Waals surface area contributed by atoms with Crippen LogP contribution in [0.2, 0.25) is 0 Å². The Morgan fingerprint density at radius 3 is 2.73 bits per heavy atom. The minimum Gasteiger partial charge on any atom is -0.353 e. The molecule has 1 aromatic heterocycles. The van der Waals surface area contributed by atoms with E-state index in [1.165, 1.54) is 31.2 Å². The van der Waals surface area contributed by atoms with Gasteiger partial charge in [-0.2, -0.15) is 0 Å². The lowest BCUT2D eigenvalue weighted by molar-refractivity contribution is -0.121. The summed E-state index contributed by atoms with van der Waals surface area (Å²) in [4.78, 5) is 16.5. The van der Waals surface area contributed by atoms with E-state index in [4.69, 9.17) is 0 Å². The van der Waals surface area contributed by atoms with E-state index in [0.29, 0.717) is 24.5 Å². The van der Waals surface area contributed by atoms with Gasteiger partial charge in [0.25, 0.3) is 0 Å². The zero-order valence-electron chi connectivity index (χ0n) is 15.3. The minimum atomic E-state index is -3.47. The second-order valence-electron chi connectivity index (χ2n) is 7.03. The summed E-state index contributed by atoms with van der Waals surface area (Å²) in [7, 11) is -0.450. The first-order chi connectivity index (χ1) is 12.4. The molecule has 1 aliphatic carbocycles. The van der Waals surface area contributed by atoms with Gasteiger partial charge >= 0.3 is 0 Å². The van der Waals surface area contributed by atoms with Gasteiger partial charge in [0, 0.05) is 33.1 Å². The molecule has 8 heteroatoms. The number of sulfonamides is 1. The number of nitrogens with zero attached hydrogens (tertiary/aromatic N) is 3. The Labute approximate surface area is 154 Å². The van der Waals surface area contributed by atoms with Gasteiger partial charge in [-0.25, -0.2) is 17.7 Å². The highest BCUT2D eigenvalue weighted by Gasteiger charge is 2.19. The van der Waals surface area contributed by atoms with Crippen LogP contribution in [0.3, 0.4) is 0 Å². The Hall–Kier alpha value is -1.93. The van der Waals surface area contributed by atoms with E-state index in [0.717, 1.165) is 24.8 Å². The van der Waals surface area contributed by atoms with Gasteiger partial charge in [-0.3, -0.25) is 4.79 Å². The average molecular weight is 378 g/mol. The van der Waals surface area contributed by atoms with Crippen molar-refractivity contribution in [3.05, 3.63) is 24.5 Å². The fraction of sp³-hybridized carbons (Fsp3) is 0.556. The van der Waals surface area contributed by atoms with E-state index in [1.807, 2.05) is 4.57 Å². The fourth-order valence-corrected chi connectivity index (χ4v) is 4.30. The van der Waals surface area contributed by atoms with Gasteiger partial charge in [-0.05, 0) is 37.5 Å². The van der Waals surface area contributed by atoms with Gasteiger partial charge in [0.2, 0.25) is 15.9 Å². The van der Waals surface area contributed by atoms with Crippen LogP contribution in [0.25, 0.3) is 11.0 Å².